The fourth-order valence-corrected chi connectivity index (χ4v) is 2.96. The van der Waals surface area contributed by atoms with Gasteiger partial charge in [0.05, 0.1) is 11.0 Å². The summed E-state index contributed by atoms with van der Waals surface area (Å²) < 4.78 is 0. The number of nitrogens with zero attached hydrogens (tertiary/aromatic N) is 2. The minimum Gasteiger partial charge on any atom is -0.393 e. The van der Waals surface area contributed by atoms with Crippen molar-refractivity contribution in [2.75, 3.05) is 25.5 Å². The molecule has 2 unspecified atom stereocenters. The molecule has 0 bridgehead atoms. The number of benzene rings is 1. The van der Waals surface area contributed by atoms with Gasteiger partial charge in [-0.3, -0.25) is 14.9 Å². The molecule has 0 spiro atoms. The van der Waals surface area contributed by atoms with Gasteiger partial charge in [0.2, 0.25) is 5.91 Å². The Balaban J connectivity index is 1.79. The Hall–Kier alpha value is -2.15. The van der Waals surface area contributed by atoms with E-state index in [4.69, 9.17) is 0 Å². The van der Waals surface area contributed by atoms with Crippen LogP contribution < -0.4 is 5.32 Å². The Morgan fingerprint density at radius 1 is 1.43 bits per heavy atom. The summed E-state index contributed by atoms with van der Waals surface area (Å²) in [7, 11) is 1.73. The molecule has 2 rings (SSSR count). The maximum absolute atomic E-state index is 12.1. The van der Waals surface area contributed by atoms with E-state index in [1.165, 1.54) is 6.07 Å². The monoisotopic (exact) mass is 321 g/mol. The predicted octanol–water partition coefficient (Wildman–Crippen LogP) is 2.02. The van der Waals surface area contributed by atoms with Gasteiger partial charge in [-0.15, -0.1) is 0 Å². The third-order valence-corrected chi connectivity index (χ3v) is 4.31. The molecule has 126 valence electrons. The number of para-hydroxylation sites is 2. The van der Waals surface area contributed by atoms with Crippen molar-refractivity contribution in [3.05, 3.63) is 34.4 Å². The number of aliphatic hydroxyl groups excluding tert-OH is 1. The fraction of sp³-hybridized carbons (Fsp3) is 0.562. The van der Waals surface area contributed by atoms with Crippen molar-refractivity contribution in [2.45, 2.75) is 31.8 Å². The number of hydrogen-bond donors (Lipinski definition) is 2. The molecule has 23 heavy (non-hydrogen) atoms. The fourth-order valence-electron chi connectivity index (χ4n) is 2.96. The van der Waals surface area contributed by atoms with Gasteiger partial charge in [-0.1, -0.05) is 18.6 Å². The second kappa shape index (κ2) is 7.92. The summed E-state index contributed by atoms with van der Waals surface area (Å²) in [6.45, 7) is 0.896. The zero-order valence-electron chi connectivity index (χ0n) is 13.3. The van der Waals surface area contributed by atoms with Crippen molar-refractivity contribution in [2.24, 2.45) is 5.92 Å². The van der Waals surface area contributed by atoms with E-state index in [1.807, 2.05) is 0 Å². The third-order valence-electron chi connectivity index (χ3n) is 4.31. The topological polar surface area (TPSA) is 95.7 Å². The number of nitrogens with one attached hydrogen (secondary N) is 1. The number of nitro benzene ring substituents is 1. The van der Waals surface area contributed by atoms with Crippen molar-refractivity contribution in [1.29, 1.82) is 0 Å². The lowest BCUT2D eigenvalue weighted by atomic mass is 10.1. The van der Waals surface area contributed by atoms with Crippen molar-refractivity contribution in [3.8, 4) is 0 Å². The minimum atomic E-state index is -0.447. The predicted molar refractivity (Wildman–Crippen MR) is 87.2 cm³/mol. The van der Waals surface area contributed by atoms with Crippen LogP contribution >= 0.6 is 0 Å². The summed E-state index contributed by atoms with van der Waals surface area (Å²) in [5.41, 5.74) is 0.418. The maximum Gasteiger partial charge on any atom is 0.292 e. The maximum atomic E-state index is 12.1. The third kappa shape index (κ3) is 4.66. The van der Waals surface area contributed by atoms with Crippen LogP contribution in [0.3, 0.4) is 0 Å². The molecule has 7 heteroatoms. The summed E-state index contributed by atoms with van der Waals surface area (Å²) in [5.74, 6) is 0.127. The molecule has 2 atom stereocenters. The van der Waals surface area contributed by atoms with E-state index in [9.17, 15) is 20.0 Å². The van der Waals surface area contributed by atoms with Crippen LogP contribution in [0.1, 0.15) is 25.7 Å². The lowest BCUT2D eigenvalue weighted by Crippen LogP contribution is -2.35. The number of nitro groups is 1. The molecule has 7 nitrogen and oxygen atoms in total. The first-order valence-electron chi connectivity index (χ1n) is 7.88. The van der Waals surface area contributed by atoms with Gasteiger partial charge in [0, 0.05) is 38.5 Å². The lowest BCUT2D eigenvalue weighted by molar-refractivity contribution is -0.384. The molecule has 1 aromatic carbocycles. The average Bonchev–Trinajstić information content (AvgIpc) is 2.92. The summed E-state index contributed by atoms with van der Waals surface area (Å²) in [4.78, 5) is 24.2. The molecular formula is C16H23N3O4. The highest BCUT2D eigenvalue weighted by Crippen LogP contribution is 2.26. The number of carbonyl (C=O) groups excluding carboxylic acids is 1. The number of hydrogen-bond acceptors (Lipinski definition) is 5. The van der Waals surface area contributed by atoms with Crippen LogP contribution in [-0.4, -0.2) is 47.1 Å². The molecule has 0 aliphatic heterocycles. The van der Waals surface area contributed by atoms with Gasteiger partial charge >= 0.3 is 0 Å². The average molecular weight is 321 g/mol. The molecule has 1 aliphatic rings. The van der Waals surface area contributed by atoms with E-state index in [2.05, 4.69) is 5.32 Å². The largest absolute Gasteiger partial charge is 0.393 e. The Bertz CT molecular complexity index is 564. The van der Waals surface area contributed by atoms with Crippen LogP contribution in [0.2, 0.25) is 0 Å². The normalized spacial score (nSPS) is 20.3. The second-order valence-corrected chi connectivity index (χ2v) is 5.98. The van der Waals surface area contributed by atoms with Gasteiger partial charge in [-0.05, 0) is 18.9 Å². The second-order valence-electron chi connectivity index (χ2n) is 5.98. The van der Waals surface area contributed by atoms with Gasteiger partial charge in [0.25, 0.3) is 5.69 Å². The lowest BCUT2D eigenvalue weighted by Gasteiger charge is -2.23. The number of carbonyl (C=O) groups is 1. The molecule has 0 radical (unpaired) electrons. The van der Waals surface area contributed by atoms with Crippen LogP contribution in [0.4, 0.5) is 11.4 Å². The highest BCUT2D eigenvalue weighted by molar-refractivity contribution is 5.76. The molecular weight excluding hydrogens is 298 g/mol. The summed E-state index contributed by atoms with van der Waals surface area (Å²) in [6.07, 6.45) is 2.72. The summed E-state index contributed by atoms with van der Waals surface area (Å²) in [6, 6.07) is 6.37. The quantitative estimate of drug-likeness (QED) is 0.591. The van der Waals surface area contributed by atoms with Crippen molar-refractivity contribution < 1.29 is 14.8 Å². The first-order chi connectivity index (χ1) is 11.0. The van der Waals surface area contributed by atoms with E-state index < -0.39 is 4.92 Å². The highest BCUT2D eigenvalue weighted by Gasteiger charge is 2.27. The van der Waals surface area contributed by atoms with E-state index in [-0.39, 0.29) is 30.0 Å². The molecule has 1 saturated carbocycles. The van der Waals surface area contributed by atoms with Crippen molar-refractivity contribution in [3.63, 3.8) is 0 Å². The Labute approximate surface area is 135 Å². The Morgan fingerprint density at radius 2 is 2.17 bits per heavy atom. The molecule has 0 saturated heterocycles. The first-order valence-corrected chi connectivity index (χ1v) is 7.88. The van der Waals surface area contributed by atoms with E-state index in [1.54, 1.807) is 30.1 Å². The van der Waals surface area contributed by atoms with E-state index in [0.29, 0.717) is 18.8 Å². The SMILES string of the molecule is CN(CC1CCCC1O)C(=O)CCNc1ccccc1[N+](=O)[O-]. The zero-order valence-corrected chi connectivity index (χ0v) is 13.3. The highest BCUT2D eigenvalue weighted by atomic mass is 16.6. The van der Waals surface area contributed by atoms with E-state index in [0.717, 1.165) is 19.3 Å². The Morgan fingerprint density at radius 3 is 2.83 bits per heavy atom. The van der Waals surface area contributed by atoms with Gasteiger partial charge in [-0.2, -0.15) is 0 Å². The van der Waals surface area contributed by atoms with E-state index >= 15 is 0 Å². The standard InChI is InChI=1S/C16H23N3O4/c1-18(11-12-5-4-8-15(12)20)16(21)9-10-17-13-6-2-3-7-14(13)19(22)23/h2-3,6-7,12,15,17,20H,4-5,8-11H2,1H3. The molecule has 0 heterocycles. The van der Waals surface area contributed by atoms with Gasteiger partial charge in [0.1, 0.15) is 5.69 Å². The summed E-state index contributed by atoms with van der Waals surface area (Å²) in [5, 5.41) is 23.7. The number of aliphatic hydroxyl groups is 1. The van der Waals surface area contributed by atoms with Gasteiger partial charge in [0.15, 0.2) is 0 Å². The Kier molecular flexibility index (Phi) is 5.92. The zero-order chi connectivity index (χ0) is 16.8. The molecule has 1 amide bonds. The smallest absolute Gasteiger partial charge is 0.292 e. The van der Waals surface area contributed by atoms with Crippen LogP contribution in [-0.2, 0) is 4.79 Å². The molecule has 1 aliphatic carbocycles. The molecule has 0 aromatic heterocycles. The molecule has 1 fully saturated rings. The van der Waals surface area contributed by atoms with Crippen molar-refractivity contribution in [1.82, 2.24) is 4.90 Å². The van der Waals surface area contributed by atoms with Crippen LogP contribution in [0.25, 0.3) is 0 Å². The number of anilines is 1. The van der Waals surface area contributed by atoms with Gasteiger partial charge in [-0.25, -0.2) is 0 Å². The molecule has 1 aromatic rings. The van der Waals surface area contributed by atoms with Crippen LogP contribution in [0.15, 0.2) is 24.3 Å². The number of amides is 1. The molecule has 2 N–H and O–H groups in total. The van der Waals surface area contributed by atoms with Crippen LogP contribution in [0.5, 0.6) is 0 Å². The summed E-state index contributed by atoms with van der Waals surface area (Å²) >= 11 is 0. The van der Waals surface area contributed by atoms with Crippen molar-refractivity contribution >= 4 is 17.3 Å². The van der Waals surface area contributed by atoms with Gasteiger partial charge < -0.3 is 15.3 Å². The first kappa shape index (κ1) is 17.2. The minimum absolute atomic E-state index is 0.00221. The van der Waals surface area contributed by atoms with Crippen LogP contribution in [0, 0.1) is 16.0 Å². The number of rotatable bonds is 7.